The molecule has 2 saturated carbocycles. The van der Waals surface area contributed by atoms with Gasteiger partial charge in [-0.2, -0.15) is 0 Å². The zero-order chi connectivity index (χ0) is 53.8. The van der Waals surface area contributed by atoms with Crippen molar-refractivity contribution in [3.63, 3.8) is 0 Å². The van der Waals surface area contributed by atoms with Gasteiger partial charge in [0.25, 0.3) is 0 Å². The van der Waals surface area contributed by atoms with Gasteiger partial charge >= 0.3 is 0 Å². The van der Waals surface area contributed by atoms with Crippen LogP contribution in [0.5, 0.6) is 0 Å². The number of hydrogen-bond donors (Lipinski definition) is 9. The third-order valence-corrected chi connectivity index (χ3v) is 17.6. The topological polar surface area (TPSA) is 323 Å². The van der Waals surface area contributed by atoms with Crippen LogP contribution in [0.15, 0.2) is 28.4 Å². The van der Waals surface area contributed by atoms with Crippen LogP contribution in [0.1, 0.15) is 96.3 Å². The lowest BCUT2D eigenvalue weighted by Crippen LogP contribution is -2.63. The van der Waals surface area contributed by atoms with Crippen molar-refractivity contribution >= 4 is 5.78 Å². The van der Waals surface area contributed by atoms with Gasteiger partial charge in [-0.1, -0.05) is 18.6 Å². The minimum atomic E-state index is -1.77. The summed E-state index contributed by atoms with van der Waals surface area (Å²) in [5.74, 6) is 0.921. The number of ether oxygens (including phenoxy) is 12. The highest BCUT2D eigenvalue weighted by Gasteiger charge is 2.56. The monoisotopic (exact) mass is 1070 g/mol. The van der Waals surface area contributed by atoms with E-state index < -0.39 is 161 Å². The Hall–Kier alpha value is -2.15. The van der Waals surface area contributed by atoms with Crippen molar-refractivity contribution in [1.82, 2.24) is 0 Å². The van der Waals surface area contributed by atoms with Gasteiger partial charge in [0.15, 0.2) is 31.5 Å². The summed E-state index contributed by atoms with van der Waals surface area (Å²) in [7, 11) is 3.03. The minimum Gasteiger partial charge on any atom is -0.469 e. The van der Waals surface area contributed by atoms with Gasteiger partial charge in [-0.25, -0.2) is 0 Å². The number of ketones is 1. The normalized spacial score (nSPS) is 49.7. The summed E-state index contributed by atoms with van der Waals surface area (Å²) in [6, 6.07) is 1.92. The third kappa shape index (κ3) is 11.6. The Morgan fingerprint density at radius 2 is 1.23 bits per heavy atom. The van der Waals surface area contributed by atoms with Gasteiger partial charge < -0.3 is 107 Å². The Kier molecular flexibility index (Phi) is 18.3. The fourth-order valence-electron chi connectivity index (χ4n) is 13.2. The van der Waals surface area contributed by atoms with Crippen LogP contribution in [0, 0.1) is 24.2 Å². The lowest BCUT2D eigenvalue weighted by molar-refractivity contribution is -0.361. The van der Waals surface area contributed by atoms with Crippen LogP contribution in [0.4, 0.5) is 0 Å². The molecule has 426 valence electrons. The summed E-state index contributed by atoms with van der Waals surface area (Å²) in [6.45, 7) is 8.17. The molecule has 7 fully saturated rings. The fourth-order valence-corrected chi connectivity index (χ4v) is 13.2. The van der Waals surface area contributed by atoms with Gasteiger partial charge in [0.1, 0.15) is 78.7 Å². The first-order valence-electron chi connectivity index (χ1n) is 26.6. The van der Waals surface area contributed by atoms with E-state index in [9.17, 15) is 50.8 Å². The van der Waals surface area contributed by atoms with E-state index in [1.54, 1.807) is 27.2 Å². The Morgan fingerprint density at radius 3 is 1.84 bits per heavy atom. The van der Waals surface area contributed by atoms with E-state index in [0.29, 0.717) is 25.7 Å². The lowest BCUT2D eigenvalue weighted by Gasteiger charge is -2.54. The molecule has 0 unspecified atom stereocenters. The summed E-state index contributed by atoms with van der Waals surface area (Å²) in [5.41, 5.74) is 1.87. The number of Topliss-reactive ketones (excluding diaryl/α,β-unsaturated/α-hetero) is 1. The van der Waals surface area contributed by atoms with Crippen molar-refractivity contribution in [2.24, 2.45) is 17.3 Å². The molecule has 0 aromatic carbocycles. The number of fused-ring (bicyclic) bond motifs is 3. The van der Waals surface area contributed by atoms with E-state index in [0.717, 1.165) is 24.2 Å². The molecule has 3 aliphatic carbocycles. The van der Waals surface area contributed by atoms with Gasteiger partial charge in [-0.05, 0) is 77.2 Å². The predicted molar refractivity (Wildman–Crippen MR) is 254 cm³/mol. The molecule has 0 spiro atoms. The van der Waals surface area contributed by atoms with E-state index in [1.807, 2.05) is 19.9 Å². The van der Waals surface area contributed by atoms with Gasteiger partial charge in [0.2, 0.25) is 0 Å². The molecular formula is C52H80O23. The smallest absolute Gasteiger partial charge is 0.187 e. The van der Waals surface area contributed by atoms with Crippen molar-refractivity contribution in [2.45, 2.75) is 239 Å². The number of methoxy groups -OCH3 is 2. The number of aryl methyl sites for hydroxylation is 1. The van der Waals surface area contributed by atoms with Crippen LogP contribution in [0.3, 0.4) is 0 Å². The molecule has 1 aromatic rings. The molecule has 5 saturated heterocycles. The van der Waals surface area contributed by atoms with Crippen LogP contribution in [0.2, 0.25) is 0 Å². The molecule has 23 heteroatoms. The molecule has 9 N–H and O–H groups in total. The van der Waals surface area contributed by atoms with Crippen molar-refractivity contribution in [3.8, 4) is 0 Å². The quantitative estimate of drug-likeness (QED) is 0.102. The average Bonchev–Trinajstić information content (AvgIpc) is 3.81. The number of furan rings is 1. The fraction of sp³-hybridized carbons (Fsp3) is 0.865. The summed E-state index contributed by atoms with van der Waals surface area (Å²) in [4.78, 5) is 13.9. The molecule has 8 aliphatic rings. The Bertz CT molecular complexity index is 2060. The predicted octanol–water partition coefficient (Wildman–Crippen LogP) is -0.281. The first-order valence-corrected chi connectivity index (χ1v) is 26.6. The molecule has 0 bridgehead atoms. The zero-order valence-electron chi connectivity index (χ0n) is 43.6. The maximum absolute atomic E-state index is 13.9. The van der Waals surface area contributed by atoms with Crippen LogP contribution >= 0.6 is 0 Å². The molecule has 23 nitrogen and oxygen atoms in total. The summed E-state index contributed by atoms with van der Waals surface area (Å²) >= 11 is 0. The number of aliphatic hydroxyl groups is 9. The Morgan fingerprint density at radius 1 is 0.653 bits per heavy atom. The number of allylic oxidation sites excluding steroid dienone is 1. The highest BCUT2D eigenvalue weighted by atomic mass is 16.8. The summed E-state index contributed by atoms with van der Waals surface area (Å²) in [6.07, 6.45) is -18.6. The third-order valence-electron chi connectivity index (χ3n) is 17.6. The van der Waals surface area contributed by atoms with E-state index >= 15 is 0 Å². The first kappa shape index (κ1) is 57.5. The standard InChI is InChI=1S/C52H80O23/c1-21-26(12-13-65-21)27-10-11-29-28(40(27)56)9-8-25-14-32(31(55)18-52(25,29)5)70-38-16-33(63-6)48(23(3)68-38)74-37-15-30(54)47(22(2)67-37)73-39-17-34(64-7)49(24(4)69-39)75-51-46(62)44(60)42(58)36(72-51)20-66-50-45(61)43(59)41(57)35(19-53)71-50/h8,12-13,22-24,27-39,41-51,53-55,57-62H,9-11,14-20H2,1-7H3/t22-,23-,24+,27-,28-,29+,30+,31-,32-,33+,34+,35-,36-,37+,38+,39+,41-,42-,43+,44+,45-,46-,47-,48-,49+,50-,51+,52+/m1/s1. The van der Waals surface area contributed by atoms with Crippen molar-refractivity contribution < 1.29 is 112 Å². The molecule has 0 amide bonds. The Labute approximate surface area is 436 Å². The second-order valence-electron chi connectivity index (χ2n) is 22.2. The molecule has 6 heterocycles. The van der Waals surface area contributed by atoms with E-state index in [4.69, 9.17) is 61.3 Å². The molecule has 9 rings (SSSR count). The molecule has 1 aromatic heterocycles. The van der Waals surface area contributed by atoms with Gasteiger partial charge in [-0.3, -0.25) is 4.79 Å². The minimum absolute atomic E-state index is 0.0435. The van der Waals surface area contributed by atoms with Crippen LogP contribution in [0.25, 0.3) is 0 Å². The van der Waals surface area contributed by atoms with Crippen molar-refractivity contribution in [2.75, 3.05) is 27.4 Å². The van der Waals surface area contributed by atoms with Crippen molar-refractivity contribution in [3.05, 3.63) is 35.3 Å². The second-order valence-corrected chi connectivity index (χ2v) is 22.2. The highest BCUT2D eigenvalue weighted by Crippen LogP contribution is 2.58. The number of aliphatic hydroxyl groups excluding tert-OH is 9. The zero-order valence-corrected chi connectivity index (χ0v) is 43.6. The van der Waals surface area contributed by atoms with E-state index in [1.165, 1.54) is 12.7 Å². The molecular weight excluding hydrogens is 993 g/mol. The van der Waals surface area contributed by atoms with E-state index in [-0.39, 0.29) is 41.8 Å². The molecule has 28 atom stereocenters. The second kappa shape index (κ2) is 23.9. The SMILES string of the molecule is CO[C@H]1C[C@H](O[C@H]2[C@@H](O)C[C@H](O[C@H]3[C@@H](OC)C[C@H](O[C@@H]4CC5=CC[C@H]6C(=O)[C@@H](c7ccoc7C)CC[C@@H]6[C@@]5(C)C[C@H]4O)O[C@@H]3C)O[C@@H]2C)O[C@@H](C)[C@@H]1O[C@@H]1O[C@H](CO[C@@H]2O[C@H](CO)[C@@H](O)[C@H](O)[C@H]2O)[C@@H](O)[C@H](O)[C@H]1O. The number of carbonyl (C=O) groups is 1. The van der Waals surface area contributed by atoms with Crippen LogP contribution < -0.4 is 0 Å². The number of carbonyl (C=O) groups excluding carboxylic acids is 1. The molecule has 5 aliphatic heterocycles. The summed E-state index contributed by atoms with van der Waals surface area (Å²) in [5, 5.41) is 95.8. The van der Waals surface area contributed by atoms with Gasteiger partial charge in [0.05, 0.1) is 68.3 Å². The molecule has 75 heavy (non-hydrogen) atoms. The van der Waals surface area contributed by atoms with E-state index in [2.05, 4.69) is 13.0 Å². The Balaban J connectivity index is 0.745. The maximum Gasteiger partial charge on any atom is 0.187 e. The van der Waals surface area contributed by atoms with Crippen molar-refractivity contribution in [1.29, 1.82) is 0 Å². The average molecular weight is 1070 g/mol. The largest absolute Gasteiger partial charge is 0.469 e. The maximum atomic E-state index is 13.9. The van der Waals surface area contributed by atoms with Crippen LogP contribution in [-0.2, 0) is 61.6 Å². The first-order chi connectivity index (χ1) is 35.7. The summed E-state index contributed by atoms with van der Waals surface area (Å²) < 4.78 is 78.5. The van der Waals surface area contributed by atoms with Crippen LogP contribution in [-0.4, -0.2) is 227 Å². The number of rotatable bonds is 15. The highest BCUT2D eigenvalue weighted by molar-refractivity contribution is 5.89. The lowest BCUT2D eigenvalue weighted by atomic mass is 9.51. The number of hydrogen-bond acceptors (Lipinski definition) is 23. The van der Waals surface area contributed by atoms with Gasteiger partial charge in [-0.15, -0.1) is 0 Å². The molecule has 0 radical (unpaired) electrons. The van der Waals surface area contributed by atoms with Gasteiger partial charge in [0, 0.05) is 50.9 Å².